The van der Waals surface area contributed by atoms with Crippen molar-refractivity contribution in [2.24, 2.45) is 0 Å². The maximum absolute atomic E-state index is 14.8. The van der Waals surface area contributed by atoms with E-state index in [1.807, 2.05) is 6.92 Å². The van der Waals surface area contributed by atoms with Gasteiger partial charge in [0.15, 0.2) is 5.65 Å². The normalized spacial score (nSPS) is 15.2. The highest BCUT2D eigenvalue weighted by molar-refractivity contribution is 5.98. The van der Waals surface area contributed by atoms with E-state index in [1.54, 1.807) is 10.2 Å². The van der Waals surface area contributed by atoms with Crippen molar-refractivity contribution in [3.8, 4) is 5.69 Å². The quantitative estimate of drug-likeness (QED) is 0.473. The zero-order valence-corrected chi connectivity index (χ0v) is 20.5. The van der Waals surface area contributed by atoms with E-state index in [-0.39, 0.29) is 28.6 Å². The number of fused-ring (bicyclic) bond motifs is 1. The molecular formula is C25H24F5N5O3. The second kappa shape index (κ2) is 10.4. The third-order valence-electron chi connectivity index (χ3n) is 6.33. The summed E-state index contributed by atoms with van der Waals surface area (Å²) in [5.41, 5.74) is -2.10. The maximum Gasteiger partial charge on any atom is 0.408 e. The van der Waals surface area contributed by atoms with Crippen molar-refractivity contribution in [1.82, 2.24) is 19.8 Å². The number of nitrogens with zero attached hydrogens (tertiary/aromatic N) is 4. The molecule has 13 heteroatoms. The Morgan fingerprint density at radius 3 is 2.47 bits per heavy atom. The van der Waals surface area contributed by atoms with Gasteiger partial charge in [-0.05, 0) is 44.0 Å². The van der Waals surface area contributed by atoms with Crippen molar-refractivity contribution in [3.63, 3.8) is 0 Å². The number of hydrogen-bond acceptors (Lipinski definition) is 4. The van der Waals surface area contributed by atoms with E-state index in [0.717, 1.165) is 22.9 Å². The Hall–Kier alpha value is -4.03. The number of pyridine rings is 2. The fourth-order valence-corrected chi connectivity index (χ4v) is 4.30. The lowest BCUT2D eigenvalue weighted by atomic mass is 10.1. The predicted molar refractivity (Wildman–Crippen MR) is 129 cm³/mol. The first-order chi connectivity index (χ1) is 18.0. The van der Waals surface area contributed by atoms with Crippen LogP contribution in [-0.2, 0) is 0 Å². The number of carbonyl (C=O) groups excluding carboxylic acids is 2. The van der Waals surface area contributed by atoms with Gasteiger partial charge in [0.1, 0.15) is 29.1 Å². The Morgan fingerprint density at radius 1 is 1.11 bits per heavy atom. The molecule has 2 aromatic heterocycles. The Bertz CT molecular complexity index is 1460. The van der Waals surface area contributed by atoms with Crippen LogP contribution in [0.2, 0.25) is 0 Å². The highest BCUT2D eigenvalue weighted by atomic mass is 19.4. The van der Waals surface area contributed by atoms with Crippen molar-refractivity contribution in [3.05, 3.63) is 63.9 Å². The first-order valence-corrected chi connectivity index (χ1v) is 11.9. The maximum atomic E-state index is 14.8. The number of carbonyl (C=O) groups is 2. The summed E-state index contributed by atoms with van der Waals surface area (Å²) >= 11 is 0. The highest BCUT2D eigenvalue weighted by Gasteiger charge is 2.40. The Labute approximate surface area is 213 Å². The fourth-order valence-electron chi connectivity index (χ4n) is 4.30. The van der Waals surface area contributed by atoms with Crippen molar-refractivity contribution in [2.45, 2.75) is 38.9 Å². The molecule has 1 aromatic carbocycles. The number of hydrogen-bond donors (Lipinski definition) is 1. The molecule has 1 fully saturated rings. The number of benzene rings is 1. The van der Waals surface area contributed by atoms with E-state index in [4.69, 9.17) is 0 Å². The smallest absolute Gasteiger partial charge is 0.340 e. The average molecular weight is 537 g/mol. The summed E-state index contributed by atoms with van der Waals surface area (Å²) in [6, 6.07) is 2.67. The van der Waals surface area contributed by atoms with E-state index in [1.165, 1.54) is 24.0 Å². The van der Waals surface area contributed by atoms with Gasteiger partial charge in [-0.1, -0.05) is 6.92 Å². The van der Waals surface area contributed by atoms with Crippen molar-refractivity contribution in [2.75, 3.05) is 24.5 Å². The van der Waals surface area contributed by atoms with Crippen molar-refractivity contribution < 1.29 is 31.5 Å². The number of alkyl halides is 3. The van der Waals surface area contributed by atoms with Gasteiger partial charge in [-0.2, -0.15) is 13.2 Å². The van der Waals surface area contributed by atoms with Crippen LogP contribution in [0.1, 0.15) is 37.0 Å². The van der Waals surface area contributed by atoms with Crippen LogP contribution in [0.5, 0.6) is 0 Å². The Balaban J connectivity index is 1.91. The summed E-state index contributed by atoms with van der Waals surface area (Å²) < 4.78 is 69.3. The van der Waals surface area contributed by atoms with Crippen LogP contribution >= 0.6 is 0 Å². The van der Waals surface area contributed by atoms with E-state index >= 15 is 0 Å². The van der Waals surface area contributed by atoms with Crippen molar-refractivity contribution >= 4 is 28.8 Å². The number of urea groups is 1. The molecule has 1 saturated heterocycles. The van der Waals surface area contributed by atoms with Gasteiger partial charge in [0.25, 0.3) is 5.91 Å². The second-order valence-electron chi connectivity index (χ2n) is 8.72. The van der Waals surface area contributed by atoms with E-state index in [9.17, 15) is 36.3 Å². The molecule has 4 rings (SSSR count). The molecule has 38 heavy (non-hydrogen) atoms. The minimum Gasteiger partial charge on any atom is -0.340 e. The molecule has 0 unspecified atom stereocenters. The summed E-state index contributed by atoms with van der Waals surface area (Å²) in [6.07, 6.45) is -3.72. The van der Waals surface area contributed by atoms with E-state index in [2.05, 4.69) is 4.98 Å². The molecule has 1 aliphatic rings. The first kappa shape index (κ1) is 27.0. The third kappa shape index (κ3) is 5.04. The number of rotatable bonds is 6. The molecular weight excluding hydrogens is 513 g/mol. The molecule has 0 aliphatic carbocycles. The number of halogens is 5. The highest BCUT2D eigenvalue weighted by Crippen LogP contribution is 2.26. The van der Waals surface area contributed by atoms with Gasteiger partial charge in [-0.3, -0.25) is 19.1 Å². The van der Waals surface area contributed by atoms with Crippen molar-refractivity contribution in [1.29, 1.82) is 0 Å². The predicted octanol–water partition coefficient (Wildman–Crippen LogP) is 4.39. The molecule has 0 spiro atoms. The lowest BCUT2D eigenvalue weighted by molar-refractivity contribution is -0.153. The molecule has 1 atom stereocenters. The Morgan fingerprint density at radius 2 is 1.84 bits per heavy atom. The molecule has 1 N–H and O–H groups in total. The van der Waals surface area contributed by atoms with Crippen LogP contribution in [0.4, 0.5) is 32.6 Å². The SMILES string of the molecule is CC[C@@H](NC(=O)c1cn(-c2ccc(F)cc2F)c2nc(N3CCCN(CC)C3=O)ccc2c1=O)C(F)(F)F. The molecule has 3 heterocycles. The summed E-state index contributed by atoms with van der Waals surface area (Å²) in [5, 5.41) is 1.59. The molecule has 0 saturated carbocycles. The minimum absolute atomic E-state index is 0.150. The van der Waals surface area contributed by atoms with Crippen LogP contribution in [0.25, 0.3) is 16.7 Å². The lowest BCUT2D eigenvalue weighted by Crippen LogP contribution is -2.49. The summed E-state index contributed by atoms with van der Waals surface area (Å²) in [7, 11) is 0. The topological polar surface area (TPSA) is 87.5 Å². The summed E-state index contributed by atoms with van der Waals surface area (Å²) in [6.45, 7) is 4.39. The van der Waals surface area contributed by atoms with Crippen LogP contribution in [0.3, 0.4) is 0 Å². The van der Waals surface area contributed by atoms with Gasteiger partial charge in [0.2, 0.25) is 5.43 Å². The first-order valence-electron chi connectivity index (χ1n) is 11.9. The van der Waals surface area contributed by atoms with Gasteiger partial charge in [-0.25, -0.2) is 18.6 Å². The lowest BCUT2D eigenvalue weighted by Gasteiger charge is -2.34. The average Bonchev–Trinajstić information content (AvgIpc) is 2.87. The van der Waals surface area contributed by atoms with Crippen LogP contribution in [0.15, 0.2) is 41.3 Å². The number of nitrogens with one attached hydrogen (secondary N) is 1. The second-order valence-corrected chi connectivity index (χ2v) is 8.72. The number of anilines is 1. The van der Waals surface area contributed by atoms with Gasteiger partial charge < -0.3 is 10.2 Å². The summed E-state index contributed by atoms with van der Waals surface area (Å²) in [4.78, 5) is 46.3. The standard InChI is InChI=1S/C25H24F5N5O3/c1-3-19(25(28,29)30)31-23(37)16-13-35(18-8-6-14(26)12-17(18)27)22-15(21(16)36)7-9-20(32-22)34-11-5-10-33(4-2)24(34)38/h6-9,12-13,19H,3-5,10-11H2,1-2H3,(H,31,37)/t19-/m1/s1. The monoisotopic (exact) mass is 537 g/mol. The summed E-state index contributed by atoms with van der Waals surface area (Å²) in [5.74, 6) is -3.12. The van der Waals surface area contributed by atoms with Gasteiger partial charge in [-0.15, -0.1) is 0 Å². The fraction of sp³-hybridized carbons (Fsp3) is 0.360. The van der Waals surface area contributed by atoms with Crippen LogP contribution in [-0.4, -0.2) is 58.2 Å². The molecule has 1 aliphatic heterocycles. The van der Waals surface area contributed by atoms with Gasteiger partial charge >= 0.3 is 12.2 Å². The van der Waals surface area contributed by atoms with E-state index in [0.29, 0.717) is 32.1 Å². The molecule has 202 valence electrons. The molecule has 3 aromatic rings. The third-order valence-corrected chi connectivity index (χ3v) is 6.33. The number of amides is 3. The molecule has 3 amide bonds. The number of aromatic nitrogens is 2. The largest absolute Gasteiger partial charge is 0.408 e. The van der Waals surface area contributed by atoms with E-state index < -0.39 is 47.2 Å². The molecule has 0 radical (unpaired) electrons. The van der Waals surface area contributed by atoms with Gasteiger partial charge in [0.05, 0.1) is 11.1 Å². The molecule has 0 bridgehead atoms. The Kier molecular flexibility index (Phi) is 7.38. The van der Waals surface area contributed by atoms with Crippen LogP contribution < -0.4 is 15.6 Å². The molecule has 8 nitrogen and oxygen atoms in total. The van der Waals surface area contributed by atoms with Gasteiger partial charge in [0, 0.05) is 31.9 Å². The zero-order valence-electron chi connectivity index (χ0n) is 20.5. The van der Waals surface area contributed by atoms with Crippen LogP contribution in [0, 0.1) is 11.6 Å². The minimum atomic E-state index is -4.76. The zero-order chi connectivity index (χ0) is 27.8.